The summed E-state index contributed by atoms with van der Waals surface area (Å²) in [7, 11) is 1.53. The number of hydrogen-bond acceptors (Lipinski definition) is 3. The van der Waals surface area contributed by atoms with Crippen molar-refractivity contribution in [1.29, 1.82) is 0 Å². The third-order valence-electron chi connectivity index (χ3n) is 2.68. The molecule has 0 aliphatic heterocycles. The standard InChI is InChI=1S/C13H17FN2O4/c1-13(2,20-3)7-15-12(19)16-8-4-5-9(11(17)18)10(14)6-8/h4-6H,7H2,1-3H3,(H,17,18)(H2,15,16,19). The molecule has 0 radical (unpaired) electrons. The van der Waals surface area contributed by atoms with E-state index in [0.717, 1.165) is 12.1 Å². The number of ether oxygens (including phenoxy) is 1. The molecule has 0 aliphatic rings. The Morgan fingerprint density at radius 1 is 1.40 bits per heavy atom. The van der Waals surface area contributed by atoms with E-state index in [9.17, 15) is 14.0 Å². The summed E-state index contributed by atoms with van der Waals surface area (Å²) in [5.74, 6) is -2.27. The Hall–Kier alpha value is -2.15. The van der Waals surface area contributed by atoms with E-state index >= 15 is 0 Å². The fraction of sp³-hybridized carbons (Fsp3) is 0.385. The topological polar surface area (TPSA) is 87.7 Å². The van der Waals surface area contributed by atoms with Crippen LogP contribution in [-0.4, -0.2) is 36.4 Å². The Balaban J connectivity index is 2.63. The molecule has 20 heavy (non-hydrogen) atoms. The van der Waals surface area contributed by atoms with Crippen molar-refractivity contribution >= 4 is 17.7 Å². The number of carboxylic acids is 1. The molecule has 1 aromatic rings. The number of urea groups is 1. The molecule has 0 heterocycles. The highest BCUT2D eigenvalue weighted by molar-refractivity contribution is 5.91. The van der Waals surface area contributed by atoms with Gasteiger partial charge in [-0.25, -0.2) is 14.0 Å². The highest BCUT2D eigenvalue weighted by atomic mass is 19.1. The first-order valence-electron chi connectivity index (χ1n) is 5.88. The molecule has 0 atom stereocenters. The molecule has 0 bridgehead atoms. The number of rotatable bonds is 5. The van der Waals surface area contributed by atoms with Crippen molar-refractivity contribution in [2.24, 2.45) is 0 Å². The zero-order valence-electron chi connectivity index (χ0n) is 11.5. The molecule has 6 nitrogen and oxygen atoms in total. The lowest BCUT2D eigenvalue weighted by atomic mass is 10.1. The fourth-order valence-corrected chi connectivity index (χ4v) is 1.31. The molecule has 3 N–H and O–H groups in total. The molecular formula is C13H17FN2O4. The van der Waals surface area contributed by atoms with E-state index in [-0.39, 0.29) is 12.2 Å². The number of carbonyl (C=O) groups excluding carboxylic acids is 1. The summed E-state index contributed by atoms with van der Waals surface area (Å²) in [4.78, 5) is 22.2. The molecule has 0 saturated carbocycles. The molecule has 0 aromatic heterocycles. The predicted molar refractivity (Wildman–Crippen MR) is 71.5 cm³/mol. The van der Waals surface area contributed by atoms with Crippen molar-refractivity contribution in [1.82, 2.24) is 5.32 Å². The third kappa shape index (κ3) is 4.51. The number of halogens is 1. The lowest BCUT2D eigenvalue weighted by molar-refractivity contribution is 0.0257. The van der Waals surface area contributed by atoms with E-state index < -0.39 is 29.0 Å². The molecule has 0 fully saturated rings. The van der Waals surface area contributed by atoms with Gasteiger partial charge in [-0.05, 0) is 32.0 Å². The molecule has 0 spiro atoms. The summed E-state index contributed by atoms with van der Waals surface area (Å²) in [6, 6.07) is 2.82. The summed E-state index contributed by atoms with van der Waals surface area (Å²) in [6.07, 6.45) is 0. The Kier molecular flexibility index (Phi) is 5.04. The van der Waals surface area contributed by atoms with Crippen molar-refractivity contribution < 1.29 is 23.8 Å². The Bertz CT molecular complexity index is 517. The van der Waals surface area contributed by atoms with Crippen LogP contribution in [0.3, 0.4) is 0 Å². The maximum atomic E-state index is 13.4. The van der Waals surface area contributed by atoms with Crippen LogP contribution in [0, 0.1) is 5.82 Å². The summed E-state index contributed by atoms with van der Waals surface area (Å²) in [5, 5.41) is 13.7. The van der Waals surface area contributed by atoms with E-state index in [2.05, 4.69) is 10.6 Å². The Morgan fingerprint density at radius 3 is 2.55 bits per heavy atom. The summed E-state index contributed by atoms with van der Waals surface area (Å²) >= 11 is 0. The van der Waals surface area contributed by atoms with Gasteiger partial charge in [-0.2, -0.15) is 0 Å². The number of benzene rings is 1. The maximum Gasteiger partial charge on any atom is 0.338 e. The summed E-state index contributed by atoms with van der Waals surface area (Å²) < 4.78 is 18.5. The first-order valence-corrected chi connectivity index (χ1v) is 5.88. The van der Waals surface area contributed by atoms with Gasteiger partial charge in [0.25, 0.3) is 0 Å². The van der Waals surface area contributed by atoms with Gasteiger partial charge in [0.2, 0.25) is 0 Å². The summed E-state index contributed by atoms with van der Waals surface area (Å²) in [5.41, 5.74) is -0.799. The summed E-state index contributed by atoms with van der Waals surface area (Å²) in [6.45, 7) is 3.87. The Morgan fingerprint density at radius 2 is 2.05 bits per heavy atom. The van der Waals surface area contributed by atoms with Crippen LogP contribution in [0.4, 0.5) is 14.9 Å². The number of hydrogen-bond donors (Lipinski definition) is 3. The molecule has 1 aromatic carbocycles. The second-order valence-electron chi connectivity index (χ2n) is 4.77. The number of amides is 2. The lowest BCUT2D eigenvalue weighted by Crippen LogP contribution is -2.41. The SMILES string of the molecule is COC(C)(C)CNC(=O)Nc1ccc(C(=O)O)c(F)c1. The number of methoxy groups -OCH3 is 1. The van der Waals surface area contributed by atoms with Gasteiger partial charge < -0.3 is 20.5 Å². The first-order chi connectivity index (χ1) is 9.25. The van der Waals surface area contributed by atoms with E-state index in [1.54, 1.807) is 13.8 Å². The van der Waals surface area contributed by atoms with Crippen molar-refractivity contribution in [2.45, 2.75) is 19.4 Å². The van der Waals surface area contributed by atoms with Crippen LogP contribution in [0.2, 0.25) is 0 Å². The smallest absolute Gasteiger partial charge is 0.338 e. The third-order valence-corrected chi connectivity index (χ3v) is 2.68. The van der Waals surface area contributed by atoms with Crippen molar-refractivity contribution in [3.05, 3.63) is 29.6 Å². The van der Waals surface area contributed by atoms with Gasteiger partial charge in [-0.3, -0.25) is 0 Å². The highest BCUT2D eigenvalue weighted by Gasteiger charge is 2.17. The van der Waals surface area contributed by atoms with Crippen molar-refractivity contribution in [2.75, 3.05) is 19.0 Å². The van der Waals surface area contributed by atoms with Crippen LogP contribution in [0.1, 0.15) is 24.2 Å². The van der Waals surface area contributed by atoms with Gasteiger partial charge in [0.1, 0.15) is 5.82 Å². The molecule has 0 unspecified atom stereocenters. The lowest BCUT2D eigenvalue weighted by Gasteiger charge is -2.23. The Labute approximate surface area is 115 Å². The minimum atomic E-state index is -1.36. The maximum absolute atomic E-state index is 13.4. The molecule has 0 aliphatic carbocycles. The van der Waals surface area contributed by atoms with Crippen molar-refractivity contribution in [3.8, 4) is 0 Å². The van der Waals surface area contributed by atoms with Gasteiger partial charge in [-0.1, -0.05) is 0 Å². The van der Waals surface area contributed by atoms with Crippen molar-refractivity contribution in [3.63, 3.8) is 0 Å². The van der Waals surface area contributed by atoms with Crippen LogP contribution in [-0.2, 0) is 4.74 Å². The number of anilines is 1. The van der Waals surface area contributed by atoms with Gasteiger partial charge in [0.15, 0.2) is 0 Å². The minimum Gasteiger partial charge on any atom is -0.478 e. The van der Waals surface area contributed by atoms with Crippen LogP contribution >= 0.6 is 0 Å². The van der Waals surface area contributed by atoms with E-state index in [1.807, 2.05) is 0 Å². The molecule has 110 valence electrons. The van der Waals surface area contributed by atoms with Crippen LogP contribution in [0.5, 0.6) is 0 Å². The quantitative estimate of drug-likeness (QED) is 0.772. The number of nitrogens with one attached hydrogen (secondary N) is 2. The second kappa shape index (κ2) is 6.33. The second-order valence-corrected chi connectivity index (χ2v) is 4.77. The van der Waals surface area contributed by atoms with Gasteiger partial charge in [-0.15, -0.1) is 0 Å². The minimum absolute atomic E-state index is 0.167. The van der Waals surface area contributed by atoms with Gasteiger partial charge >= 0.3 is 12.0 Å². The van der Waals surface area contributed by atoms with Crippen LogP contribution in [0.25, 0.3) is 0 Å². The molecule has 2 amide bonds. The van der Waals surface area contributed by atoms with Gasteiger partial charge in [0, 0.05) is 19.3 Å². The fourth-order valence-electron chi connectivity index (χ4n) is 1.31. The highest BCUT2D eigenvalue weighted by Crippen LogP contribution is 2.14. The molecule has 7 heteroatoms. The number of carboxylic acid groups (broad SMARTS) is 1. The van der Waals surface area contributed by atoms with Gasteiger partial charge in [0.05, 0.1) is 11.2 Å². The first kappa shape index (κ1) is 15.9. The van der Waals surface area contributed by atoms with E-state index in [1.165, 1.54) is 13.2 Å². The van der Waals surface area contributed by atoms with Crippen LogP contribution < -0.4 is 10.6 Å². The number of carbonyl (C=O) groups is 2. The van der Waals surface area contributed by atoms with E-state index in [4.69, 9.17) is 9.84 Å². The monoisotopic (exact) mass is 284 g/mol. The molecule has 0 saturated heterocycles. The largest absolute Gasteiger partial charge is 0.478 e. The average Bonchev–Trinajstić information content (AvgIpc) is 2.36. The number of aromatic carboxylic acids is 1. The molecule has 1 rings (SSSR count). The average molecular weight is 284 g/mol. The zero-order valence-corrected chi connectivity index (χ0v) is 11.5. The predicted octanol–water partition coefficient (Wildman–Crippen LogP) is 2.07. The zero-order chi connectivity index (χ0) is 15.3. The van der Waals surface area contributed by atoms with Crippen LogP contribution in [0.15, 0.2) is 18.2 Å². The normalized spacial score (nSPS) is 11.0. The molecular weight excluding hydrogens is 267 g/mol. The van der Waals surface area contributed by atoms with E-state index in [0.29, 0.717) is 0 Å².